The summed E-state index contributed by atoms with van der Waals surface area (Å²) < 4.78 is 107. The average molecular weight is 754 g/mol. The molecule has 3 nitrogen and oxygen atoms in total. The fraction of sp³-hybridized carbons (Fsp3) is 0.268. The second-order valence-corrected chi connectivity index (χ2v) is 18.7. The highest BCUT2D eigenvalue weighted by Gasteiger charge is 2.43. The van der Waals surface area contributed by atoms with Gasteiger partial charge in [-0.3, -0.25) is 0 Å². The van der Waals surface area contributed by atoms with Crippen LogP contribution in [-0.2, 0) is 28.8 Å². The summed E-state index contributed by atoms with van der Waals surface area (Å²) >= 11 is 0. The predicted molar refractivity (Wildman–Crippen MR) is 198 cm³/mol. The Hall–Kier alpha value is -3.98. The first-order valence-electron chi connectivity index (χ1n) is 16.6. The molecular weight excluding hydrogens is 715 g/mol. The highest BCUT2D eigenvalue weighted by molar-refractivity contribution is 7.84. The van der Waals surface area contributed by atoms with Gasteiger partial charge in [0, 0.05) is 34.5 Å². The number of benzene rings is 5. The highest BCUT2D eigenvalue weighted by atomic mass is 32.2. The van der Waals surface area contributed by atoms with E-state index >= 15 is 0 Å². The lowest BCUT2D eigenvalue weighted by molar-refractivity contribution is -0.143. The summed E-state index contributed by atoms with van der Waals surface area (Å²) in [7, 11) is -1.59. The summed E-state index contributed by atoms with van der Waals surface area (Å²) in [5.74, 6) is 0.877. The molecule has 0 amide bonds. The summed E-state index contributed by atoms with van der Waals surface area (Å²) in [6, 6.07) is 31.4. The van der Waals surface area contributed by atoms with Crippen molar-refractivity contribution in [3.05, 3.63) is 149 Å². The van der Waals surface area contributed by atoms with Crippen LogP contribution in [0.1, 0.15) is 74.0 Å². The second-order valence-electron chi connectivity index (χ2n) is 14.3. The van der Waals surface area contributed by atoms with Crippen LogP contribution in [0.25, 0.3) is 0 Å². The molecule has 272 valence electrons. The minimum atomic E-state index is -5.07. The highest BCUT2D eigenvalue weighted by Crippen LogP contribution is 2.53. The van der Waals surface area contributed by atoms with Crippen molar-refractivity contribution in [1.29, 1.82) is 0 Å². The molecule has 11 heteroatoms. The van der Waals surface area contributed by atoms with Crippen molar-refractivity contribution >= 4 is 34.8 Å². The zero-order valence-electron chi connectivity index (χ0n) is 29.4. The van der Waals surface area contributed by atoms with Crippen LogP contribution in [0.15, 0.2) is 115 Å². The number of halogens is 6. The zero-order chi connectivity index (χ0) is 37.8. The smallest absolute Gasteiger partial charge is 0.416 e. The molecule has 5 aromatic carbocycles. The van der Waals surface area contributed by atoms with E-state index < -0.39 is 58.6 Å². The summed E-state index contributed by atoms with van der Waals surface area (Å²) in [6.45, 7) is 9.13. The SMILES string of the molecule is CN(C(c1cc(C(F)(F)F)cc(C(F)(F)F)c1)c1cccc2c1Oc1c(P(c3ccccc3)c3ccccc3)cccc1C2(C)C)S(=O)C(C)(C)C. The Bertz CT molecular complexity index is 2040. The zero-order valence-corrected chi connectivity index (χ0v) is 31.1. The fourth-order valence-electron chi connectivity index (χ4n) is 6.76. The van der Waals surface area contributed by atoms with Crippen LogP contribution in [0.3, 0.4) is 0 Å². The van der Waals surface area contributed by atoms with Gasteiger partial charge in [0.15, 0.2) is 0 Å². The van der Waals surface area contributed by atoms with Crippen molar-refractivity contribution in [2.75, 3.05) is 7.05 Å². The van der Waals surface area contributed by atoms with E-state index in [9.17, 15) is 30.6 Å². The maximum Gasteiger partial charge on any atom is 0.416 e. The Morgan fingerprint density at radius 1 is 0.673 bits per heavy atom. The molecule has 5 aromatic rings. The van der Waals surface area contributed by atoms with E-state index in [0.29, 0.717) is 34.8 Å². The van der Waals surface area contributed by atoms with Crippen molar-refractivity contribution in [1.82, 2.24) is 4.31 Å². The van der Waals surface area contributed by atoms with Gasteiger partial charge in [0.1, 0.15) is 22.5 Å². The third kappa shape index (κ3) is 7.17. The van der Waals surface area contributed by atoms with Gasteiger partial charge in [-0.15, -0.1) is 0 Å². The Balaban J connectivity index is 1.63. The van der Waals surface area contributed by atoms with Crippen molar-refractivity contribution in [2.45, 2.75) is 63.2 Å². The lowest BCUT2D eigenvalue weighted by Gasteiger charge is -2.40. The van der Waals surface area contributed by atoms with Crippen molar-refractivity contribution in [3.63, 3.8) is 0 Å². The van der Waals surface area contributed by atoms with Gasteiger partial charge in [0.2, 0.25) is 0 Å². The van der Waals surface area contributed by atoms with Crippen LogP contribution >= 0.6 is 7.92 Å². The minimum absolute atomic E-state index is 0.110. The first-order chi connectivity index (χ1) is 24.3. The second kappa shape index (κ2) is 13.8. The molecule has 0 saturated heterocycles. The van der Waals surface area contributed by atoms with E-state index in [1.165, 1.54) is 11.4 Å². The van der Waals surface area contributed by atoms with E-state index in [1.54, 1.807) is 32.9 Å². The number of ether oxygens (including phenoxy) is 1. The van der Waals surface area contributed by atoms with E-state index in [0.717, 1.165) is 21.5 Å². The molecule has 6 rings (SSSR count). The number of hydrogen-bond acceptors (Lipinski definition) is 2. The maximum atomic E-state index is 14.2. The standard InChI is InChI=1S/C41H38F6NO2PS/c1-38(2,3)52(49)48(6)35(26-23-27(40(42,43)44)25-28(24-26)41(45,46)47)31-19-13-20-32-36(31)50-37-33(39(32,4)5)21-14-22-34(37)51(29-15-9-7-10-16-29)30-17-11-8-12-18-30/h7-25,35H,1-6H3. The van der Waals surface area contributed by atoms with Crippen LogP contribution in [0, 0.1) is 0 Å². The Morgan fingerprint density at radius 3 is 1.63 bits per heavy atom. The molecule has 0 bridgehead atoms. The van der Waals surface area contributed by atoms with Crippen LogP contribution in [0.5, 0.6) is 11.5 Å². The summed E-state index contributed by atoms with van der Waals surface area (Å²) in [4.78, 5) is 0. The van der Waals surface area contributed by atoms with Gasteiger partial charge in [-0.25, -0.2) is 8.51 Å². The number of fused-ring (bicyclic) bond motifs is 2. The van der Waals surface area contributed by atoms with Crippen LogP contribution in [0.2, 0.25) is 0 Å². The summed E-state index contributed by atoms with van der Waals surface area (Å²) in [6.07, 6.45) is -10.1. The van der Waals surface area contributed by atoms with Crippen molar-refractivity contribution in [3.8, 4) is 11.5 Å². The number of para-hydroxylation sites is 2. The molecule has 2 unspecified atom stereocenters. The molecule has 2 atom stereocenters. The molecule has 0 aromatic heterocycles. The third-order valence-electron chi connectivity index (χ3n) is 9.23. The molecule has 0 aliphatic carbocycles. The van der Waals surface area contributed by atoms with E-state index in [2.05, 4.69) is 24.3 Å². The largest absolute Gasteiger partial charge is 0.456 e. The number of rotatable bonds is 7. The van der Waals surface area contributed by atoms with E-state index in [-0.39, 0.29) is 11.6 Å². The molecule has 1 aliphatic heterocycles. The van der Waals surface area contributed by atoms with Gasteiger partial charge < -0.3 is 4.74 Å². The number of nitrogens with zero attached hydrogens (tertiary/aromatic N) is 1. The summed E-state index contributed by atoms with van der Waals surface area (Å²) in [5, 5.41) is 3.04. The molecule has 0 radical (unpaired) electrons. The Morgan fingerprint density at radius 2 is 1.15 bits per heavy atom. The lowest BCUT2D eigenvalue weighted by Crippen LogP contribution is -2.38. The number of alkyl halides is 6. The van der Waals surface area contributed by atoms with Gasteiger partial charge in [0.25, 0.3) is 0 Å². The molecule has 0 N–H and O–H groups in total. The first-order valence-corrected chi connectivity index (χ1v) is 19.0. The van der Waals surface area contributed by atoms with Gasteiger partial charge in [-0.2, -0.15) is 26.3 Å². The Labute approximate surface area is 304 Å². The average Bonchev–Trinajstić information content (AvgIpc) is 3.08. The topological polar surface area (TPSA) is 29.5 Å². The van der Waals surface area contributed by atoms with Crippen LogP contribution in [0.4, 0.5) is 26.3 Å². The van der Waals surface area contributed by atoms with Crippen molar-refractivity contribution < 1.29 is 35.3 Å². The third-order valence-corrected chi connectivity index (χ3v) is 13.5. The molecule has 0 spiro atoms. The fourth-order valence-corrected chi connectivity index (χ4v) is 10.4. The monoisotopic (exact) mass is 753 g/mol. The van der Waals surface area contributed by atoms with Crippen molar-refractivity contribution in [2.24, 2.45) is 0 Å². The van der Waals surface area contributed by atoms with Gasteiger partial charge in [-0.1, -0.05) is 111 Å². The molecule has 0 saturated carbocycles. The molecule has 52 heavy (non-hydrogen) atoms. The molecular formula is C41H38F6NO2PS. The van der Waals surface area contributed by atoms with Gasteiger partial charge in [0.05, 0.1) is 21.9 Å². The quantitative estimate of drug-likeness (QED) is 0.122. The Kier molecular flexibility index (Phi) is 10.0. The lowest BCUT2D eigenvalue weighted by atomic mass is 9.74. The van der Waals surface area contributed by atoms with E-state index in [1.807, 2.05) is 74.5 Å². The van der Waals surface area contributed by atoms with Gasteiger partial charge in [-0.05, 0) is 63.1 Å². The maximum absolute atomic E-state index is 14.2. The normalized spacial score (nSPS) is 15.5. The minimum Gasteiger partial charge on any atom is -0.456 e. The van der Waals surface area contributed by atoms with Crippen LogP contribution in [-0.4, -0.2) is 20.3 Å². The summed E-state index contributed by atoms with van der Waals surface area (Å²) in [5.41, 5.74) is -2.05. The molecule has 1 aliphatic rings. The molecule has 0 fully saturated rings. The van der Waals surface area contributed by atoms with Crippen LogP contribution < -0.4 is 20.7 Å². The molecule has 1 heterocycles. The van der Waals surface area contributed by atoms with E-state index in [4.69, 9.17) is 4.74 Å². The number of hydrogen-bond donors (Lipinski definition) is 0. The van der Waals surface area contributed by atoms with Gasteiger partial charge >= 0.3 is 12.4 Å². The predicted octanol–water partition coefficient (Wildman–Crippen LogP) is 10.4. The first kappa shape index (κ1) is 37.8.